The molecule has 0 fully saturated rings. The molecule has 0 spiro atoms. The molecular formula is C34H38O7. The van der Waals surface area contributed by atoms with Gasteiger partial charge in [-0.1, -0.05) is 62.8 Å². The Bertz CT molecular complexity index is 1250. The molecule has 0 aromatic heterocycles. The van der Waals surface area contributed by atoms with Gasteiger partial charge in [-0.2, -0.15) is 0 Å². The van der Waals surface area contributed by atoms with Gasteiger partial charge in [-0.3, -0.25) is 0 Å². The standard InChI is InChI=1S/C34H38O7/c1-3-32(35)39-25-11-9-7-5-4-6-8-10-24-38-29-20-14-27(15-21-29)33(36)41-31-22-16-28(17-23-31)34(37)40-30-18-12-26(2)13-19-30/h3,12-23H,1,4-11,24-25H2,2H3. The monoisotopic (exact) mass is 558 g/mol. The third-order valence-electron chi connectivity index (χ3n) is 6.34. The smallest absolute Gasteiger partial charge is 0.343 e. The zero-order valence-electron chi connectivity index (χ0n) is 23.6. The van der Waals surface area contributed by atoms with Crippen molar-refractivity contribution in [3.8, 4) is 17.2 Å². The average molecular weight is 559 g/mol. The SMILES string of the molecule is C=CC(=O)OCCCCCCCCCCOc1ccc(C(=O)Oc2ccc(C(=O)Oc3ccc(C)cc3)cc2)cc1. The van der Waals surface area contributed by atoms with Crippen LogP contribution in [-0.2, 0) is 9.53 Å². The molecule has 0 amide bonds. The minimum absolute atomic E-state index is 0.330. The lowest BCUT2D eigenvalue weighted by molar-refractivity contribution is -0.137. The van der Waals surface area contributed by atoms with Crippen molar-refractivity contribution in [3.05, 3.63) is 102 Å². The van der Waals surface area contributed by atoms with Crippen LogP contribution < -0.4 is 14.2 Å². The van der Waals surface area contributed by atoms with Crippen LogP contribution in [0.3, 0.4) is 0 Å². The summed E-state index contributed by atoms with van der Waals surface area (Å²) in [6, 6.07) is 20.3. The molecule has 0 saturated carbocycles. The van der Waals surface area contributed by atoms with Crippen LogP contribution in [0.4, 0.5) is 0 Å². The normalized spacial score (nSPS) is 10.5. The van der Waals surface area contributed by atoms with Crippen molar-refractivity contribution in [1.82, 2.24) is 0 Å². The second-order valence-corrected chi connectivity index (χ2v) is 9.69. The van der Waals surface area contributed by atoms with E-state index in [0.717, 1.165) is 44.1 Å². The predicted molar refractivity (Wildman–Crippen MR) is 158 cm³/mol. The molecule has 0 aliphatic carbocycles. The zero-order valence-corrected chi connectivity index (χ0v) is 23.6. The third kappa shape index (κ3) is 11.7. The molecule has 0 aliphatic rings. The summed E-state index contributed by atoms with van der Waals surface area (Å²) in [6.45, 7) is 6.42. The highest BCUT2D eigenvalue weighted by atomic mass is 16.5. The van der Waals surface area contributed by atoms with E-state index in [2.05, 4.69) is 6.58 Å². The van der Waals surface area contributed by atoms with E-state index >= 15 is 0 Å². The van der Waals surface area contributed by atoms with Crippen LogP contribution >= 0.6 is 0 Å². The molecule has 3 aromatic rings. The number of carbonyl (C=O) groups excluding carboxylic acids is 3. The van der Waals surface area contributed by atoms with Crippen LogP contribution in [0.5, 0.6) is 17.2 Å². The highest BCUT2D eigenvalue weighted by Gasteiger charge is 2.12. The number of ether oxygens (including phenoxy) is 4. The minimum Gasteiger partial charge on any atom is -0.494 e. The Hall–Kier alpha value is -4.39. The van der Waals surface area contributed by atoms with Crippen LogP contribution in [0.25, 0.3) is 0 Å². The van der Waals surface area contributed by atoms with E-state index in [4.69, 9.17) is 18.9 Å². The summed E-state index contributed by atoms with van der Waals surface area (Å²) in [5, 5.41) is 0. The maximum atomic E-state index is 12.5. The van der Waals surface area contributed by atoms with Gasteiger partial charge in [0.25, 0.3) is 0 Å². The summed E-state index contributed by atoms with van der Waals surface area (Å²) in [6.07, 6.45) is 9.88. The third-order valence-corrected chi connectivity index (χ3v) is 6.34. The van der Waals surface area contributed by atoms with Gasteiger partial charge in [0.15, 0.2) is 0 Å². The van der Waals surface area contributed by atoms with Gasteiger partial charge >= 0.3 is 17.9 Å². The average Bonchev–Trinajstić information content (AvgIpc) is 2.99. The second kappa shape index (κ2) is 17.3. The Morgan fingerprint density at radius 2 is 1.00 bits per heavy atom. The van der Waals surface area contributed by atoms with E-state index in [9.17, 15) is 14.4 Å². The Balaban J connectivity index is 1.28. The van der Waals surface area contributed by atoms with Crippen molar-refractivity contribution in [1.29, 1.82) is 0 Å². The number of unbranched alkanes of at least 4 members (excludes halogenated alkanes) is 7. The fourth-order valence-electron chi connectivity index (χ4n) is 3.97. The number of hydrogen-bond acceptors (Lipinski definition) is 7. The molecule has 0 radical (unpaired) electrons. The molecule has 0 bridgehead atoms. The fourth-order valence-corrected chi connectivity index (χ4v) is 3.97. The first-order valence-electron chi connectivity index (χ1n) is 14.1. The molecule has 216 valence electrons. The number of aryl methyl sites for hydroxylation is 1. The summed E-state index contributed by atoms with van der Waals surface area (Å²) in [5.74, 6) is 0.161. The number of benzene rings is 3. The van der Waals surface area contributed by atoms with Crippen LogP contribution in [0.2, 0.25) is 0 Å². The topological polar surface area (TPSA) is 88.1 Å². The maximum absolute atomic E-state index is 12.5. The van der Waals surface area contributed by atoms with E-state index in [1.54, 1.807) is 60.7 Å². The lowest BCUT2D eigenvalue weighted by Crippen LogP contribution is -2.10. The maximum Gasteiger partial charge on any atom is 0.343 e. The molecule has 0 atom stereocenters. The molecule has 0 unspecified atom stereocenters. The van der Waals surface area contributed by atoms with Crippen LogP contribution in [0.15, 0.2) is 85.5 Å². The Labute approximate surface area is 242 Å². The summed E-state index contributed by atoms with van der Waals surface area (Å²) in [4.78, 5) is 35.8. The molecule has 0 N–H and O–H groups in total. The molecule has 0 heterocycles. The highest BCUT2D eigenvalue weighted by Crippen LogP contribution is 2.19. The second-order valence-electron chi connectivity index (χ2n) is 9.69. The van der Waals surface area contributed by atoms with E-state index in [1.807, 2.05) is 19.1 Å². The number of hydrogen-bond donors (Lipinski definition) is 0. The molecule has 0 aliphatic heterocycles. The summed E-state index contributed by atoms with van der Waals surface area (Å²) >= 11 is 0. The number of carbonyl (C=O) groups is 3. The van der Waals surface area contributed by atoms with Gasteiger partial charge in [0.05, 0.1) is 24.3 Å². The molecule has 41 heavy (non-hydrogen) atoms. The van der Waals surface area contributed by atoms with E-state index in [0.29, 0.717) is 41.6 Å². The van der Waals surface area contributed by atoms with Gasteiger partial charge < -0.3 is 18.9 Å². The number of esters is 3. The van der Waals surface area contributed by atoms with Crippen molar-refractivity contribution in [3.63, 3.8) is 0 Å². The molecule has 0 saturated heterocycles. The molecule has 3 aromatic carbocycles. The predicted octanol–water partition coefficient (Wildman–Crippen LogP) is 7.66. The van der Waals surface area contributed by atoms with Crippen LogP contribution in [-0.4, -0.2) is 31.1 Å². The first-order chi connectivity index (χ1) is 19.9. The van der Waals surface area contributed by atoms with Crippen molar-refractivity contribution in [2.45, 2.75) is 58.3 Å². The van der Waals surface area contributed by atoms with Gasteiger partial charge in [0.2, 0.25) is 0 Å². The van der Waals surface area contributed by atoms with E-state index < -0.39 is 11.9 Å². The Morgan fingerprint density at radius 1 is 0.585 bits per heavy atom. The van der Waals surface area contributed by atoms with Gasteiger partial charge in [-0.25, -0.2) is 14.4 Å². The Morgan fingerprint density at radius 3 is 1.49 bits per heavy atom. The summed E-state index contributed by atoms with van der Waals surface area (Å²) < 4.78 is 21.6. The van der Waals surface area contributed by atoms with Crippen molar-refractivity contribution >= 4 is 17.9 Å². The molecule has 3 rings (SSSR count). The highest BCUT2D eigenvalue weighted by molar-refractivity contribution is 5.92. The quantitative estimate of drug-likeness (QED) is 0.0727. The Kier molecular flexibility index (Phi) is 13.2. The summed E-state index contributed by atoms with van der Waals surface area (Å²) in [5.41, 5.74) is 1.83. The first-order valence-corrected chi connectivity index (χ1v) is 14.1. The van der Waals surface area contributed by atoms with Crippen molar-refractivity contribution in [2.75, 3.05) is 13.2 Å². The van der Waals surface area contributed by atoms with Gasteiger partial charge in [0.1, 0.15) is 17.2 Å². The lowest BCUT2D eigenvalue weighted by atomic mass is 10.1. The van der Waals surface area contributed by atoms with Gasteiger partial charge in [0, 0.05) is 6.08 Å². The van der Waals surface area contributed by atoms with Crippen LogP contribution in [0, 0.1) is 6.92 Å². The molecule has 7 heteroatoms. The van der Waals surface area contributed by atoms with Crippen molar-refractivity contribution < 1.29 is 33.3 Å². The van der Waals surface area contributed by atoms with Crippen LogP contribution in [0.1, 0.15) is 77.6 Å². The molecule has 7 nitrogen and oxygen atoms in total. The minimum atomic E-state index is -0.496. The van der Waals surface area contributed by atoms with E-state index in [-0.39, 0.29) is 5.97 Å². The van der Waals surface area contributed by atoms with Gasteiger partial charge in [-0.15, -0.1) is 0 Å². The van der Waals surface area contributed by atoms with Crippen molar-refractivity contribution in [2.24, 2.45) is 0 Å². The fraction of sp³-hybridized carbons (Fsp3) is 0.324. The van der Waals surface area contributed by atoms with E-state index in [1.165, 1.54) is 18.9 Å². The lowest BCUT2D eigenvalue weighted by Gasteiger charge is -2.08. The van der Waals surface area contributed by atoms with Gasteiger partial charge in [-0.05, 0) is 80.4 Å². The zero-order chi connectivity index (χ0) is 29.3. The largest absolute Gasteiger partial charge is 0.494 e. The number of rotatable bonds is 17. The molecular weight excluding hydrogens is 520 g/mol. The first kappa shape index (κ1) is 31.1. The summed E-state index contributed by atoms with van der Waals surface area (Å²) in [7, 11) is 0.